The van der Waals surface area contributed by atoms with E-state index in [9.17, 15) is 0 Å². The molecule has 1 saturated heterocycles. The van der Waals surface area contributed by atoms with E-state index in [1.165, 1.54) is 0 Å². The Balaban J connectivity index is 2.10. The highest BCUT2D eigenvalue weighted by atomic mass is 16.5. The molecule has 0 aliphatic carbocycles. The first kappa shape index (κ1) is 9.52. The number of nitrogen functional groups attached to an aromatic ring is 1. The first-order valence-electron chi connectivity index (χ1n) is 5.11. The second kappa shape index (κ2) is 3.61. The van der Waals surface area contributed by atoms with Gasteiger partial charge >= 0.3 is 0 Å². The van der Waals surface area contributed by atoms with Crippen molar-refractivity contribution in [3.63, 3.8) is 0 Å². The second-order valence-electron chi connectivity index (χ2n) is 4.17. The van der Waals surface area contributed by atoms with Gasteiger partial charge in [-0.05, 0) is 26.7 Å². The standard InChI is InChI=1S/C10H17N3O/c1-6-3-8(4-7(2)14-6)9-5-10(11)13-12-9/h5-8H,3-4H2,1-2H3,(H3,11,12,13)/t6-,7+,8?. The SMILES string of the molecule is C[C@@H]1CC(c2cc(N)n[nH]2)C[C@H](C)O1. The highest BCUT2D eigenvalue weighted by Gasteiger charge is 2.26. The summed E-state index contributed by atoms with van der Waals surface area (Å²) in [6, 6.07) is 1.93. The minimum atomic E-state index is 0.327. The van der Waals surface area contributed by atoms with Gasteiger partial charge in [0.25, 0.3) is 0 Å². The molecule has 3 atom stereocenters. The number of H-pyrrole nitrogens is 1. The Hall–Kier alpha value is -1.03. The Bertz CT molecular complexity index is 300. The normalized spacial score (nSPS) is 33.1. The Labute approximate surface area is 83.8 Å². The fourth-order valence-corrected chi connectivity index (χ4v) is 2.22. The van der Waals surface area contributed by atoms with Crippen LogP contribution in [0, 0.1) is 0 Å². The van der Waals surface area contributed by atoms with Gasteiger partial charge in [0.05, 0.1) is 12.2 Å². The number of hydrogen-bond donors (Lipinski definition) is 2. The third-order valence-electron chi connectivity index (χ3n) is 2.75. The molecule has 1 aliphatic heterocycles. The van der Waals surface area contributed by atoms with Gasteiger partial charge in [-0.25, -0.2) is 0 Å². The van der Waals surface area contributed by atoms with Crippen molar-refractivity contribution in [3.05, 3.63) is 11.8 Å². The fraction of sp³-hybridized carbons (Fsp3) is 0.700. The van der Waals surface area contributed by atoms with Crippen LogP contribution in [0.25, 0.3) is 0 Å². The molecule has 0 bridgehead atoms. The summed E-state index contributed by atoms with van der Waals surface area (Å²) < 4.78 is 5.68. The van der Waals surface area contributed by atoms with E-state index in [1.807, 2.05) is 6.07 Å². The molecule has 1 aliphatic rings. The van der Waals surface area contributed by atoms with E-state index < -0.39 is 0 Å². The summed E-state index contributed by atoms with van der Waals surface area (Å²) in [5.74, 6) is 1.09. The number of hydrogen-bond acceptors (Lipinski definition) is 3. The summed E-state index contributed by atoms with van der Waals surface area (Å²) >= 11 is 0. The number of nitrogens with zero attached hydrogens (tertiary/aromatic N) is 1. The third-order valence-corrected chi connectivity index (χ3v) is 2.75. The molecular weight excluding hydrogens is 178 g/mol. The maximum Gasteiger partial charge on any atom is 0.145 e. The second-order valence-corrected chi connectivity index (χ2v) is 4.17. The van der Waals surface area contributed by atoms with Crippen LogP contribution >= 0.6 is 0 Å². The van der Waals surface area contributed by atoms with E-state index >= 15 is 0 Å². The Morgan fingerprint density at radius 3 is 2.57 bits per heavy atom. The summed E-state index contributed by atoms with van der Waals surface area (Å²) in [5.41, 5.74) is 6.72. The van der Waals surface area contributed by atoms with Gasteiger partial charge in [-0.1, -0.05) is 0 Å². The smallest absolute Gasteiger partial charge is 0.145 e. The van der Waals surface area contributed by atoms with Crippen molar-refractivity contribution in [1.29, 1.82) is 0 Å². The molecule has 1 aromatic rings. The molecule has 78 valence electrons. The lowest BCUT2D eigenvalue weighted by molar-refractivity contribution is -0.0385. The van der Waals surface area contributed by atoms with Crippen molar-refractivity contribution in [3.8, 4) is 0 Å². The molecule has 14 heavy (non-hydrogen) atoms. The van der Waals surface area contributed by atoms with Crippen LogP contribution in [0.4, 0.5) is 5.82 Å². The first-order chi connectivity index (χ1) is 6.65. The fourth-order valence-electron chi connectivity index (χ4n) is 2.22. The Kier molecular flexibility index (Phi) is 2.46. The molecule has 2 rings (SSSR count). The molecule has 0 amide bonds. The van der Waals surface area contributed by atoms with E-state index in [2.05, 4.69) is 24.0 Å². The monoisotopic (exact) mass is 195 g/mol. The van der Waals surface area contributed by atoms with Gasteiger partial charge in [0.15, 0.2) is 0 Å². The van der Waals surface area contributed by atoms with Crippen molar-refractivity contribution in [1.82, 2.24) is 10.2 Å². The number of nitrogens with one attached hydrogen (secondary N) is 1. The van der Waals surface area contributed by atoms with Gasteiger partial charge in [0.2, 0.25) is 0 Å². The van der Waals surface area contributed by atoms with Crippen LogP contribution in [0.1, 0.15) is 38.3 Å². The average molecular weight is 195 g/mol. The summed E-state index contributed by atoms with van der Waals surface area (Å²) in [6.07, 6.45) is 2.75. The largest absolute Gasteiger partial charge is 0.382 e. The molecule has 0 radical (unpaired) electrons. The van der Waals surface area contributed by atoms with Gasteiger partial charge in [0.1, 0.15) is 5.82 Å². The lowest BCUT2D eigenvalue weighted by Crippen LogP contribution is -2.28. The zero-order valence-corrected chi connectivity index (χ0v) is 8.66. The Morgan fingerprint density at radius 2 is 2.07 bits per heavy atom. The van der Waals surface area contributed by atoms with E-state index in [0.717, 1.165) is 18.5 Å². The minimum absolute atomic E-state index is 0.327. The summed E-state index contributed by atoms with van der Waals surface area (Å²) in [4.78, 5) is 0. The van der Waals surface area contributed by atoms with Crippen LogP contribution < -0.4 is 5.73 Å². The maximum atomic E-state index is 5.68. The van der Waals surface area contributed by atoms with Gasteiger partial charge in [-0.15, -0.1) is 0 Å². The van der Waals surface area contributed by atoms with Crippen molar-refractivity contribution in [2.24, 2.45) is 0 Å². The van der Waals surface area contributed by atoms with Gasteiger partial charge in [-0.3, -0.25) is 5.10 Å². The van der Waals surface area contributed by atoms with Crippen molar-refractivity contribution in [2.45, 2.75) is 44.8 Å². The number of anilines is 1. The molecule has 4 heteroatoms. The molecule has 4 nitrogen and oxygen atoms in total. The summed E-state index contributed by atoms with van der Waals surface area (Å²) in [6.45, 7) is 4.23. The van der Waals surface area contributed by atoms with Crippen molar-refractivity contribution < 1.29 is 4.74 Å². The predicted octanol–water partition coefficient (Wildman–Crippen LogP) is 1.66. The first-order valence-corrected chi connectivity index (χ1v) is 5.11. The average Bonchev–Trinajstić information content (AvgIpc) is 2.50. The van der Waals surface area contributed by atoms with Gasteiger partial charge in [0, 0.05) is 17.7 Å². The zero-order valence-electron chi connectivity index (χ0n) is 8.66. The molecule has 0 saturated carbocycles. The molecule has 0 spiro atoms. The topological polar surface area (TPSA) is 63.9 Å². The Morgan fingerprint density at radius 1 is 1.43 bits per heavy atom. The number of aromatic nitrogens is 2. The highest BCUT2D eigenvalue weighted by molar-refractivity contribution is 5.30. The van der Waals surface area contributed by atoms with E-state index in [4.69, 9.17) is 10.5 Å². The van der Waals surface area contributed by atoms with E-state index in [-0.39, 0.29) is 0 Å². The molecular formula is C10H17N3O. The highest BCUT2D eigenvalue weighted by Crippen LogP contribution is 2.32. The van der Waals surface area contributed by atoms with Crippen LogP contribution in [0.2, 0.25) is 0 Å². The van der Waals surface area contributed by atoms with E-state index in [0.29, 0.717) is 23.9 Å². The molecule has 0 aromatic carbocycles. The minimum Gasteiger partial charge on any atom is -0.382 e. The molecule has 1 fully saturated rings. The molecule has 3 N–H and O–H groups in total. The van der Waals surface area contributed by atoms with Crippen LogP contribution in [0.15, 0.2) is 6.07 Å². The maximum absolute atomic E-state index is 5.68. The van der Waals surface area contributed by atoms with E-state index in [1.54, 1.807) is 0 Å². The quantitative estimate of drug-likeness (QED) is 0.716. The van der Waals surface area contributed by atoms with Gasteiger partial charge in [-0.2, -0.15) is 5.10 Å². The predicted molar refractivity (Wildman–Crippen MR) is 55.0 cm³/mol. The number of nitrogens with two attached hydrogens (primary N) is 1. The lowest BCUT2D eigenvalue weighted by Gasteiger charge is -2.31. The third kappa shape index (κ3) is 1.90. The van der Waals surface area contributed by atoms with Crippen molar-refractivity contribution >= 4 is 5.82 Å². The lowest BCUT2D eigenvalue weighted by atomic mass is 9.90. The molecule has 2 heterocycles. The van der Waals surface area contributed by atoms with Gasteiger partial charge < -0.3 is 10.5 Å². The zero-order chi connectivity index (χ0) is 10.1. The van der Waals surface area contributed by atoms with Crippen LogP contribution in [0.5, 0.6) is 0 Å². The van der Waals surface area contributed by atoms with Crippen LogP contribution in [0.3, 0.4) is 0 Å². The molecule has 1 aromatic heterocycles. The summed E-state index contributed by atoms with van der Waals surface area (Å²) in [5, 5.41) is 6.94. The van der Waals surface area contributed by atoms with Crippen LogP contribution in [-0.2, 0) is 4.74 Å². The number of ether oxygens (including phenoxy) is 1. The summed E-state index contributed by atoms with van der Waals surface area (Å²) in [7, 11) is 0. The molecule has 1 unspecified atom stereocenters. The van der Waals surface area contributed by atoms with Crippen molar-refractivity contribution in [2.75, 3.05) is 5.73 Å². The number of aromatic amines is 1. The van der Waals surface area contributed by atoms with Crippen LogP contribution in [-0.4, -0.2) is 22.4 Å². The number of rotatable bonds is 1.